The molecule has 0 saturated carbocycles. The molecule has 6 nitrogen and oxygen atoms in total. The van der Waals surface area contributed by atoms with Crippen LogP contribution in [0.5, 0.6) is 0 Å². The van der Waals surface area contributed by atoms with E-state index in [1.165, 1.54) is 23.1 Å². The molecule has 0 radical (unpaired) electrons. The lowest BCUT2D eigenvalue weighted by Crippen LogP contribution is -2.52. The van der Waals surface area contributed by atoms with E-state index in [9.17, 15) is 18.8 Å². The zero-order valence-electron chi connectivity index (χ0n) is 18.0. The molecular formula is C26H24FN3O3. The first kappa shape index (κ1) is 22.2. The Kier molecular flexibility index (Phi) is 6.78. The number of nitrogens with one attached hydrogen (secondary N) is 1. The van der Waals surface area contributed by atoms with Crippen LogP contribution in [0.1, 0.15) is 20.7 Å². The van der Waals surface area contributed by atoms with E-state index < -0.39 is 5.82 Å². The molecule has 3 aromatic carbocycles. The van der Waals surface area contributed by atoms with Crippen LogP contribution in [-0.4, -0.2) is 60.2 Å². The topological polar surface area (TPSA) is 69.7 Å². The largest absolute Gasteiger partial charge is 0.343 e. The van der Waals surface area contributed by atoms with Gasteiger partial charge in [-0.2, -0.15) is 0 Å². The lowest BCUT2D eigenvalue weighted by molar-refractivity contribution is -0.131. The van der Waals surface area contributed by atoms with E-state index in [4.69, 9.17) is 0 Å². The molecule has 33 heavy (non-hydrogen) atoms. The van der Waals surface area contributed by atoms with Gasteiger partial charge in [0.2, 0.25) is 5.91 Å². The normalized spacial score (nSPS) is 13.5. The van der Waals surface area contributed by atoms with Gasteiger partial charge >= 0.3 is 0 Å². The van der Waals surface area contributed by atoms with Gasteiger partial charge in [0.25, 0.3) is 11.8 Å². The summed E-state index contributed by atoms with van der Waals surface area (Å²) in [7, 11) is 0. The first-order valence-electron chi connectivity index (χ1n) is 10.8. The molecule has 1 fully saturated rings. The third-order valence-electron chi connectivity index (χ3n) is 5.68. The minimum Gasteiger partial charge on any atom is -0.343 e. The zero-order valence-corrected chi connectivity index (χ0v) is 18.0. The molecule has 0 spiro atoms. The predicted molar refractivity (Wildman–Crippen MR) is 123 cm³/mol. The Morgan fingerprint density at radius 2 is 1.30 bits per heavy atom. The molecule has 168 valence electrons. The fourth-order valence-electron chi connectivity index (χ4n) is 3.78. The molecule has 1 N–H and O–H groups in total. The van der Waals surface area contributed by atoms with Gasteiger partial charge in [-0.25, -0.2) is 4.39 Å². The number of nitrogens with zero attached hydrogens (tertiary/aromatic N) is 2. The first-order valence-corrected chi connectivity index (χ1v) is 10.8. The Morgan fingerprint density at radius 1 is 0.727 bits per heavy atom. The lowest BCUT2D eigenvalue weighted by atomic mass is 10.0. The van der Waals surface area contributed by atoms with E-state index in [0.29, 0.717) is 31.7 Å². The summed E-state index contributed by atoms with van der Waals surface area (Å²) < 4.78 is 13.9. The fraction of sp³-hybridized carbons (Fsp3) is 0.192. The summed E-state index contributed by atoms with van der Waals surface area (Å²) in [5.74, 6) is -1.48. The van der Waals surface area contributed by atoms with E-state index >= 15 is 0 Å². The van der Waals surface area contributed by atoms with Crippen molar-refractivity contribution in [2.24, 2.45) is 0 Å². The van der Waals surface area contributed by atoms with E-state index in [2.05, 4.69) is 5.32 Å². The molecule has 0 bridgehead atoms. The number of hydrogen-bond acceptors (Lipinski definition) is 3. The van der Waals surface area contributed by atoms with Crippen LogP contribution < -0.4 is 5.32 Å². The molecule has 3 aromatic rings. The van der Waals surface area contributed by atoms with Gasteiger partial charge < -0.3 is 15.1 Å². The van der Waals surface area contributed by atoms with E-state index in [1.54, 1.807) is 23.1 Å². The predicted octanol–water partition coefficient (Wildman–Crippen LogP) is 3.21. The minimum absolute atomic E-state index is 0.0304. The van der Waals surface area contributed by atoms with Crippen molar-refractivity contribution in [3.63, 3.8) is 0 Å². The summed E-state index contributed by atoms with van der Waals surface area (Å²) in [5, 5.41) is 2.66. The first-order chi connectivity index (χ1) is 16.0. The maximum atomic E-state index is 13.9. The highest BCUT2D eigenvalue weighted by Crippen LogP contribution is 2.19. The molecule has 1 aliphatic rings. The summed E-state index contributed by atoms with van der Waals surface area (Å²) in [6.07, 6.45) is 0. The second-order valence-electron chi connectivity index (χ2n) is 7.78. The van der Waals surface area contributed by atoms with Crippen LogP contribution in [0.15, 0.2) is 78.9 Å². The summed E-state index contributed by atoms with van der Waals surface area (Å²) in [6.45, 7) is 1.17. The van der Waals surface area contributed by atoms with Gasteiger partial charge in [-0.1, -0.05) is 54.6 Å². The smallest absolute Gasteiger partial charge is 0.256 e. The lowest BCUT2D eigenvalue weighted by Gasteiger charge is -2.35. The SMILES string of the molecule is O=C(NCC(=O)N1CCN(C(=O)c2ccccc2F)CC1)c1ccc(-c2ccccc2)cc1. The van der Waals surface area contributed by atoms with Crippen molar-refractivity contribution in [3.05, 3.63) is 95.8 Å². The third kappa shape index (κ3) is 5.26. The van der Waals surface area contributed by atoms with Crippen molar-refractivity contribution in [2.45, 2.75) is 0 Å². The maximum absolute atomic E-state index is 13.9. The number of hydrogen-bond donors (Lipinski definition) is 1. The number of carbonyl (C=O) groups is 3. The summed E-state index contributed by atoms with van der Waals surface area (Å²) in [6, 6.07) is 22.9. The highest BCUT2D eigenvalue weighted by atomic mass is 19.1. The summed E-state index contributed by atoms with van der Waals surface area (Å²) in [4.78, 5) is 40.6. The van der Waals surface area contributed by atoms with Crippen molar-refractivity contribution in [3.8, 4) is 11.1 Å². The quantitative estimate of drug-likeness (QED) is 0.656. The van der Waals surface area contributed by atoms with Gasteiger partial charge in [0, 0.05) is 31.7 Å². The number of amides is 3. The molecule has 7 heteroatoms. The van der Waals surface area contributed by atoms with Gasteiger partial charge in [0.05, 0.1) is 12.1 Å². The van der Waals surface area contributed by atoms with Crippen molar-refractivity contribution in [2.75, 3.05) is 32.7 Å². The molecule has 1 aliphatic heterocycles. The van der Waals surface area contributed by atoms with Crippen LogP contribution in [-0.2, 0) is 4.79 Å². The zero-order chi connectivity index (χ0) is 23.2. The Labute approximate surface area is 191 Å². The molecule has 0 atom stereocenters. The Hall–Kier alpha value is -4.00. The molecule has 1 heterocycles. The fourth-order valence-corrected chi connectivity index (χ4v) is 3.78. The van der Waals surface area contributed by atoms with E-state index in [-0.39, 0.29) is 29.8 Å². The molecule has 1 saturated heterocycles. The van der Waals surface area contributed by atoms with Crippen molar-refractivity contribution < 1.29 is 18.8 Å². The van der Waals surface area contributed by atoms with Crippen LogP contribution in [0, 0.1) is 5.82 Å². The molecule has 0 unspecified atom stereocenters. The second kappa shape index (κ2) is 10.1. The standard InChI is InChI=1S/C26H24FN3O3/c27-23-9-5-4-8-22(23)26(33)30-16-14-29(15-17-30)24(31)18-28-25(32)21-12-10-20(11-13-21)19-6-2-1-3-7-19/h1-13H,14-18H2,(H,28,32). The number of rotatable bonds is 5. The minimum atomic E-state index is -0.555. The van der Waals surface area contributed by atoms with Gasteiger partial charge in [-0.3, -0.25) is 14.4 Å². The number of benzene rings is 3. The summed E-state index contributed by atoms with van der Waals surface area (Å²) in [5.41, 5.74) is 2.57. The Bertz CT molecular complexity index is 1140. The van der Waals surface area contributed by atoms with E-state index in [0.717, 1.165) is 11.1 Å². The number of carbonyl (C=O) groups excluding carboxylic acids is 3. The van der Waals surface area contributed by atoms with Crippen molar-refractivity contribution >= 4 is 17.7 Å². The average molecular weight is 445 g/mol. The second-order valence-corrected chi connectivity index (χ2v) is 7.78. The van der Waals surface area contributed by atoms with Gasteiger partial charge in [-0.05, 0) is 35.4 Å². The highest BCUT2D eigenvalue weighted by molar-refractivity contribution is 5.97. The number of piperazine rings is 1. The Morgan fingerprint density at radius 3 is 1.97 bits per heavy atom. The monoisotopic (exact) mass is 445 g/mol. The molecular weight excluding hydrogens is 421 g/mol. The van der Waals surface area contributed by atoms with Crippen LogP contribution in [0.4, 0.5) is 4.39 Å². The maximum Gasteiger partial charge on any atom is 0.256 e. The molecule has 0 aliphatic carbocycles. The average Bonchev–Trinajstić information content (AvgIpc) is 2.87. The van der Waals surface area contributed by atoms with Gasteiger partial charge in [0.1, 0.15) is 5.82 Å². The highest BCUT2D eigenvalue weighted by Gasteiger charge is 2.26. The van der Waals surface area contributed by atoms with Gasteiger partial charge in [-0.15, -0.1) is 0 Å². The summed E-state index contributed by atoms with van der Waals surface area (Å²) >= 11 is 0. The van der Waals surface area contributed by atoms with E-state index in [1.807, 2.05) is 42.5 Å². The molecule has 4 rings (SSSR count). The van der Waals surface area contributed by atoms with Gasteiger partial charge in [0.15, 0.2) is 0 Å². The molecule has 0 aromatic heterocycles. The Balaban J connectivity index is 1.26. The van der Waals surface area contributed by atoms with Crippen LogP contribution in [0.25, 0.3) is 11.1 Å². The van der Waals surface area contributed by atoms with Crippen molar-refractivity contribution in [1.82, 2.24) is 15.1 Å². The van der Waals surface area contributed by atoms with Crippen molar-refractivity contribution in [1.29, 1.82) is 0 Å². The van der Waals surface area contributed by atoms with Crippen LogP contribution >= 0.6 is 0 Å². The van der Waals surface area contributed by atoms with Crippen LogP contribution in [0.3, 0.4) is 0 Å². The number of halogens is 1. The van der Waals surface area contributed by atoms with Crippen LogP contribution in [0.2, 0.25) is 0 Å². The third-order valence-corrected chi connectivity index (χ3v) is 5.68. The molecule has 3 amide bonds.